The average molecular weight is 294 g/mol. The molecule has 0 radical (unpaired) electrons. The molecule has 2 unspecified atom stereocenters. The summed E-state index contributed by atoms with van der Waals surface area (Å²) < 4.78 is 38.1. The van der Waals surface area contributed by atoms with Crippen LogP contribution in [0.25, 0.3) is 0 Å². The van der Waals surface area contributed by atoms with Gasteiger partial charge < -0.3 is 10.2 Å². The first kappa shape index (κ1) is 16.8. The molecule has 0 bridgehead atoms. The predicted octanol–water partition coefficient (Wildman–Crippen LogP) is 1.95. The van der Waals surface area contributed by atoms with Crippen molar-refractivity contribution >= 4 is 11.8 Å². The zero-order chi connectivity index (χ0) is 15.9. The van der Waals surface area contributed by atoms with E-state index in [-0.39, 0.29) is 5.92 Å². The van der Waals surface area contributed by atoms with E-state index in [0.29, 0.717) is 4.90 Å². The molecule has 1 saturated heterocycles. The van der Waals surface area contributed by atoms with Gasteiger partial charge in [0.1, 0.15) is 18.6 Å². The predicted molar refractivity (Wildman–Crippen MR) is 67.8 cm³/mol. The monoisotopic (exact) mass is 294 g/mol. The Morgan fingerprint density at radius 2 is 1.70 bits per heavy atom. The molecule has 1 heterocycles. The van der Waals surface area contributed by atoms with Crippen molar-refractivity contribution in [1.82, 2.24) is 10.2 Å². The van der Waals surface area contributed by atoms with Crippen molar-refractivity contribution in [3.05, 3.63) is 0 Å². The van der Waals surface area contributed by atoms with E-state index in [1.54, 1.807) is 34.6 Å². The number of nitrogens with zero attached hydrogens (tertiary/aromatic N) is 1. The SMILES string of the molecule is CC(C)C1NC(=O)C(C(C)(C)C)N(CC(F)(F)F)C1=O. The highest BCUT2D eigenvalue weighted by Gasteiger charge is 2.50. The van der Waals surface area contributed by atoms with Crippen LogP contribution in [0.5, 0.6) is 0 Å². The molecule has 2 amide bonds. The van der Waals surface area contributed by atoms with Crippen molar-refractivity contribution in [2.24, 2.45) is 11.3 Å². The van der Waals surface area contributed by atoms with Crippen molar-refractivity contribution in [3.8, 4) is 0 Å². The fourth-order valence-electron chi connectivity index (χ4n) is 2.42. The lowest BCUT2D eigenvalue weighted by molar-refractivity contribution is -0.179. The third-order valence-corrected chi connectivity index (χ3v) is 3.24. The number of carbonyl (C=O) groups excluding carboxylic acids is 2. The van der Waals surface area contributed by atoms with Crippen LogP contribution in [0.3, 0.4) is 0 Å². The van der Waals surface area contributed by atoms with Crippen LogP contribution >= 0.6 is 0 Å². The fraction of sp³-hybridized carbons (Fsp3) is 0.846. The summed E-state index contributed by atoms with van der Waals surface area (Å²) in [4.78, 5) is 25.1. The maximum absolute atomic E-state index is 12.7. The largest absolute Gasteiger partial charge is 0.406 e. The minimum absolute atomic E-state index is 0.261. The van der Waals surface area contributed by atoms with Crippen molar-refractivity contribution in [2.75, 3.05) is 6.54 Å². The number of piperazine rings is 1. The Hall–Kier alpha value is -1.27. The lowest BCUT2D eigenvalue weighted by atomic mass is 9.82. The molecule has 0 spiro atoms. The lowest BCUT2D eigenvalue weighted by Crippen LogP contribution is -2.68. The van der Waals surface area contributed by atoms with Crippen molar-refractivity contribution in [1.29, 1.82) is 0 Å². The Labute approximate surface area is 116 Å². The Balaban J connectivity index is 3.17. The number of amides is 2. The van der Waals surface area contributed by atoms with E-state index < -0.39 is 42.0 Å². The number of alkyl halides is 3. The lowest BCUT2D eigenvalue weighted by Gasteiger charge is -2.45. The van der Waals surface area contributed by atoms with Crippen LogP contribution in [0.2, 0.25) is 0 Å². The number of carbonyl (C=O) groups is 2. The van der Waals surface area contributed by atoms with Gasteiger partial charge in [0.25, 0.3) is 0 Å². The van der Waals surface area contributed by atoms with Gasteiger partial charge in [0.15, 0.2) is 0 Å². The van der Waals surface area contributed by atoms with Gasteiger partial charge in [-0.25, -0.2) is 0 Å². The molecule has 0 aromatic rings. The number of rotatable bonds is 2. The third-order valence-electron chi connectivity index (χ3n) is 3.24. The number of hydrogen-bond acceptors (Lipinski definition) is 2. The number of hydrogen-bond donors (Lipinski definition) is 1. The van der Waals surface area contributed by atoms with Crippen LogP contribution in [0.1, 0.15) is 34.6 Å². The van der Waals surface area contributed by atoms with Crippen LogP contribution in [0.4, 0.5) is 13.2 Å². The first-order valence-corrected chi connectivity index (χ1v) is 6.52. The smallest absolute Gasteiger partial charge is 0.342 e. The van der Waals surface area contributed by atoms with E-state index in [1.807, 2.05) is 0 Å². The molecule has 1 aliphatic rings. The van der Waals surface area contributed by atoms with Gasteiger partial charge in [-0.3, -0.25) is 9.59 Å². The van der Waals surface area contributed by atoms with Gasteiger partial charge in [-0.15, -0.1) is 0 Å². The molecule has 1 N–H and O–H groups in total. The minimum atomic E-state index is -4.53. The van der Waals surface area contributed by atoms with Gasteiger partial charge >= 0.3 is 6.18 Å². The van der Waals surface area contributed by atoms with E-state index in [1.165, 1.54) is 0 Å². The fourth-order valence-corrected chi connectivity index (χ4v) is 2.42. The first-order chi connectivity index (χ1) is 8.84. The molecular weight excluding hydrogens is 273 g/mol. The maximum Gasteiger partial charge on any atom is 0.406 e. The van der Waals surface area contributed by atoms with Crippen LogP contribution in [0.15, 0.2) is 0 Å². The summed E-state index contributed by atoms with van der Waals surface area (Å²) in [6.45, 7) is 6.90. The summed E-state index contributed by atoms with van der Waals surface area (Å²) in [5.41, 5.74) is -0.771. The van der Waals surface area contributed by atoms with Crippen LogP contribution in [0, 0.1) is 11.3 Å². The standard InChI is InChI=1S/C13H21F3N2O2/c1-7(2)8-11(20)18(6-13(14,15)16)9(10(19)17-8)12(3,4)5/h7-9H,6H2,1-5H3,(H,17,19). The number of halogens is 3. The van der Waals surface area contributed by atoms with Crippen LogP contribution < -0.4 is 5.32 Å². The summed E-state index contributed by atoms with van der Waals surface area (Å²) >= 11 is 0. The Kier molecular flexibility index (Phi) is 4.41. The van der Waals surface area contributed by atoms with Crippen LogP contribution in [-0.2, 0) is 9.59 Å². The van der Waals surface area contributed by atoms with Crippen molar-refractivity contribution < 1.29 is 22.8 Å². The summed E-state index contributed by atoms with van der Waals surface area (Å²) in [6, 6.07) is -2.02. The Bertz CT molecular complexity index is 399. The highest BCUT2D eigenvalue weighted by atomic mass is 19.4. The van der Waals surface area contributed by atoms with E-state index >= 15 is 0 Å². The topological polar surface area (TPSA) is 49.4 Å². The average Bonchev–Trinajstić information content (AvgIpc) is 2.18. The highest BCUT2D eigenvalue weighted by Crippen LogP contribution is 2.31. The molecule has 0 aromatic heterocycles. The molecule has 116 valence electrons. The number of nitrogens with one attached hydrogen (secondary N) is 1. The van der Waals surface area contributed by atoms with Crippen molar-refractivity contribution in [2.45, 2.75) is 52.9 Å². The molecule has 20 heavy (non-hydrogen) atoms. The highest BCUT2D eigenvalue weighted by molar-refractivity contribution is 5.97. The maximum atomic E-state index is 12.7. The first-order valence-electron chi connectivity index (χ1n) is 6.52. The molecule has 4 nitrogen and oxygen atoms in total. The molecule has 0 aliphatic carbocycles. The Morgan fingerprint density at radius 1 is 1.20 bits per heavy atom. The van der Waals surface area contributed by atoms with E-state index in [2.05, 4.69) is 5.32 Å². The summed E-state index contributed by atoms with van der Waals surface area (Å²) in [5, 5.41) is 2.54. The molecule has 0 saturated carbocycles. The van der Waals surface area contributed by atoms with Crippen molar-refractivity contribution in [3.63, 3.8) is 0 Å². The molecular formula is C13H21F3N2O2. The Morgan fingerprint density at radius 3 is 2.05 bits per heavy atom. The minimum Gasteiger partial charge on any atom is -0.342 e. The van der Waals surface area contributed by atoms with Gasteiger partial charge in [-0.2, -0.15) is 13.2 Å². The van der Waals surface area contributed by atoms with Crippen LogP contribution in [-0.4, -0.2) is 41.5 Å². The second-order valence-electron chi connectivity index (χ2n) is 6.58. The van der Waals surface area contributed by atoms with Gasteiger partial charge in [-0.1, -0.05) is 34.6 Å². The molecule has 1 rings (SSSR count). The van der Waals surface area contributed by atoms with Gasteiger partial charge in [0, 0.05) is 0 Å². The summed E-state index contributed by atoms with van der Waals surface area (Å²) in [6.07, 6.45) is -4.53. The third kappa shape index (κ3) is 3.64. The molecule has 0 aromatic carbocycles. The zero-order valence-corrected chi connectivity index (χ0v) is 12.3. The molecule has 2 atom stereocenters. The zero-order valence-electron chi connectivity index (χ0n) is 12.3. The quantitative estimate of drug-likeness (QED) is 0.846. The molecule has 1 aliphatic heterocycles. The van der Waals surface area contributed by atoms with Gasteiger partial charge in [0.05, 0.1) is 0 Å². The van der Waals surface area contributed by atoms with Gasteiger partial charge in [-0.05, 0) is 11.3 Å². The molecule has 7 heteroatoms. The normalized spacial score (nSPS) is 25.1. The van der Waals surface area contributed by atoms with Gasteiger partial charge in [0.2, 0.25) is 11.8 Å². The van der Waals surface area contributed by atoms with E-state index in [0.717, 1.165) is 0 Å². The van der Waals surface area contributed by atoms with E-state index in [4.69, 9.17) is 0 Å². The summed E-state index contributed by atoms with van der Waals surface area (Å²) in [5.74, 6) is -1.46. The second-order valence-corrected chi connectivity index (χ2v) is 6.58. The molecule has 1 fully saturated rings. The second kappa shape index (κ2) is 5.26. The van der Waals surface area contributed by atoms with E-state index in [9.17, 15) is 22.8 Å². The summed E-state index contributed by atoms with van der Waals surface area (Å²) in [7, 11) is 0.